The first-order valence-electron chi connectivity index (χ1n) is 10.2. The predicted octanol–water partition coefficient (Wildman–Crippen LogP) is 2.84. The van der Waals surface area contributed by atoms with Crippen LogP contribution in [0.5, 0.6) is 5.88 Å². The summed E-state index contributed by atoms with van der Waals surface area (Å²) in [5.41, 5.74) is 1.77. The standard InChI is InChI=1S/C22H24FN3O5/c1-13-11-31-21-18(26(13)22(28)29)9-16(8-14-2-4-17(23)5-3-14)19(25-21)20(27)24-10-15-6-7-30-12-15/h2-5,9,13,15H,6-8,10-12H2,1H3,(H,24,27)(H,28,29)/t13-,15+/m0/s1. The van der Waals surface area contributed by atoms with E-state index in [2.05, 4.69) is 10.3 Å². The third-order valence-corrected chi connectivity index (χ3v) is 5.51. The quantitative estimate of drug-likeness (QED) is 0.758. The number of amides is 2. The van der Waals surface area contributed by atoms with Gasteiger partial charge >= 0.3 is 6.09 Å². The van der Waals surface area contributed by atoms with Gasteiger partial charge in [0.2, 0.25) is 5.88 Å². The van der Waals surface area contributed by atoms with Crippen LogP contribution in [-0.2, 0) is 11.2 Å². The number of ether oxygens (including phenoxy) is 2. The lowest BCUT2D eigenvalue weighted by Gasteiger charge is -2.32. The first kappa shape index (κ1) is 21.0. The maximum atomic E-state index is 13.3. The summed E-state index contributed by atoms with van der Waals surface area (Å²) < 4.78 is 24.3. The number of anilines is 1. The summed E-state index contributed by atoms with van der Waals surface area (Å²) in [6.07, 6.45) is 0.0529. The van der Waals surface area contributed by atoms with Crippen LogP contribution < -0.4 is 15.0 Å². The van der Waals surface area contributed by atoms with Crippen LogP contribution in [0.4, 0.5) is 14.9 Å². The molecular formula is C22H24FN3O5. The average molecular weight is 429 g/mol. The second-order valence-corrected chi connectivity index (χ2v) is 7.88. The summed E-state index contributed by atoms with van der Waals surface area (Å²) in [6.45, 7) is 3.64. The topological polar surface area (TPSA) is 101 Å². The van der Waals surface area contributed by atoms with Gasteiger partial charge in [-0.3, -0.25) is 9.69 Å². The Balaban J connectivity index is 1.68. The molecule has 31 heavy (non-hydrogen) atoms. The third-order valence-electron chi connectivity index (χ3n) is 5.51. The number of carboxylic acid groups (broad SMARTS) is 1. The summed E-state index contributed by atoms with van der Waals surface area (Å²) in [6, 6.07) is 7.17. The maximum absolute atomic E-state index is 13.3. The van der Waals surface area contributed by atoms with E-state index in [1.54, 1.807) is 25.1 Å². The van der Waals surface area contributed by atoms with Crippen LogP contribution in [0, 0.1) is 11.7 Å². The first-order valence-corrected chi connectivity index (χ1v) is 10.2. The molecule has 2 aliphatic rings. The number of pyridine rings is 1. The number of carbonyl (C=O) groups is 2. The molecule has 2 atom stereocenters. The van der Waals surface area contributed by atoms with Crippen molar-refractivity contribution in [2.45, 2.75) is 25.8 Å². The zero-order valence-electron chi connectivity index (χ0n) is 17.1. The fraction of sp³-hybridized carbons (Fsp3) is 0.409. The molecule has 2 aliphatic heterocycles. The highest BCUT2D eigenvalue weighted by molar-refractivity contribution is 5.96. The Morgan fingerprint density at radius 3 is 2.74 bits per heavy atom. The number of halogens is 1. The molecule has 9 heteroatoms. The molecule has 2 aromatic rings. The lowest BCUT2D eigenvalue weighted by atomic mass is 10.0. The van der Waals surface area contributed by atoms with Crippen LogP contribution >= 0.6 is 0 Å². The SMILES string of the molecule is C[C@H]1COc2nc(C(=O)NC[C@H]3CCOC3)c(Cc3ccc(F)cc3)cc2N1C(=O)O. The highest BCUT2D eigenvalue weighted by Gasteiger charge is 2.32. The molecule has 1 saturated heterocycles. The van der Waals surface area contributed by atoms with Gasteiger partial charge in [-0.1, -0.05) is 12.1 Å². The molecule has 0 spiro atoms. The monoisotopic (exact) mass is 429 g/mol. The van der Waals surface area contributed by atoms with Gasteiger partial charge < -0.3 is 19.9 Å². The Bertz CT molecular complexity index is 976. The zero-order chi connectivity index (χ0) is 22.0. The van der Waals surface area contributed by atoms with Crippen LogP contribution in [0.25, 0.3) is 0 Å². The van der Waals surface area contributed by atoms with E-state index in [-0.39, 0.29) is 42.2 Å². The van der Waals surface area contributed by atoms with Crippen LogP contribution in [0.1, 0.15) is 35.0 Å². The first-order chi connectivity index (χ1) is 14.9. The smallest absolute Gasteiger partial charge is 0.412 e. The summed E-state index contributed by atoms with van der Waals surface area (Å²) in [5.74, 6) is -0.362. The number of aromatic nitrogens is 1. The van der Waals surface area contributed by atoms with E-state index in [0.29, 0.717) is 31.0 Å². The van der Waals surface area contributed by atoms with Gasteiger partial charge in [0, 0.05) is 19.1 Å². The van der Waals surface area contributed by atoms with Crippen LogP contribution in [0.15, 0.2) is 30.3 Å². The van der Waals surface area contributed by atoms with E-state index in [0.717, 1.165) is 12.0 Å². The van der Waals surface area contributed by atoms with Gasteiger partial charge in [0.05, 0.1) is 12.6 Å². The molecule has 164 valence electrons. The van der Waals surface area contributed by atoms with Crippen molar-refractivity contribution >= 4 is 17.7 Å². The van der Waals surface area contributed by atoms with Gasteiger partial charge in [0.15, 0.2) is 0 Å². The van der Waals surface area contributed by atoms with Crippen molar-refractivity contribution in [2.75, 3.05) is 31.3 Å². The molecular weight excluding hydrogens is 405 g/mol. The fourth-order valence-corrected chi connectivity index (χ4v) is 3.83. The second-order valence-electron chi connectivity index (χ2n) is 7.88. The van der Waals surface area contributed by atoms with Crippen molar-refractivity contribution in [1.82, 2.24) is 10.3 Å². The second kappa shape index (κ2) is 8.89. The molecule has 0 aliphatic carbocycles. The van der Waals surface area contributed by atoms with E-state index < -0.39 is 12.1 Å². The van der Waals surface area contributed by atoms with Gasteiger partial charge in [0.1, 0.15) is 23.8 Å². The predicted molar refractivity (Wildman–Crippen MR) is 110 cm³/mol. The van der Waals surface area contributed by atoms with Crippen molar-refractivity contribution in [2.24, 2.45) is 5.92 Å². The summed E-state index contributed by atoms with van der Waals surface area (Å²) in [7, 11) is 0. The Labute approximate surface area is 179 Å². The molecule has 1 fully saturated rings. The van der Waals surface area contributed by atoms with E-state index in [4.69, 9.17) is 9.47 Å². The highest BCUT2D eigenvalue weighted by atomic mass is 19.1. The number of rotatable bonds is 5. The number of benzene rings is 1. The molecule has 4 rings (SSSR count). The average Bonchev–Trinajstić information content (AvgIpc) is 3.26. The van der Waals surface area contributed by atoms with Crippen molar-refractivity contribution < 1.29 is 28.6 Å². The molecule has 3 heterocycles. The minimum atomic E-state index is -1.12. The molecule has 2 amide bonds. The number of hydrogen-bond donors (Lipinski definition) is 2. The summed E-state index contributed by atoms with van der Waals surface area (Å²) >= 11 is 0. The molecule has 8 nitrogen and oxygen atoms in total. The minimum Gasteiger partial charge on any atom is -0.474 e. The van der Waals surface area contributed by atoms with Gasteiger partial charge in [-0.05, 0) is 49.1 Å². The van der Waals surface area contributed by atoms with E-state index >= 15 is 0 Å². The molecule has 1 aromatic carbocycles. The molecule has 0 saturated carbocycles. The van der Waals surface area contributed by atoms with E-state index in [1.165, 1.54) is 17.0 Å². The number of carbonyl (C=O) groups excluding carboxylic acids is 1. The Hall–Kier alpha value is -3.20. The van der Waals surface area contributed by atoms with Gasteiger partial charge in [-0.2, -0.15) is 0 Å². The van der Waals surface area contributed by atoms with Crippen molar-refractivity contribution in [1.29, 1.82) is 0 Å². The van der Waals surface area contributed by atoms with E-state index in [9.17, 15) is 19.1 Å². The fourth-order valence-electron chi connectivity index (χ4n) is 3.83. The van der Waals surface area contributed by atoms with Crippen molar-refractivity contribution in [3.8, 4) is 5.88 Å². The van der Waals surface area contributed by atoms with E-state index in [1.807, 2.05) is 0 Å². The lowest BCUT2D eigenvalue weighted by Crippen LogP contribution is -2.45. The normalized spacial score (nSPS) is 20.1. The number of nitrogens with one attached hydrogen (secondary N) is 1. The van der Waals surface area contributed by atoms with Gasteiger partial charge in [0.25, 0.3) is 5.91 Å². The van der Waals surface area contributed by atoms with Gasteiger partial charge in [-0.15, -0.1) is 0 Å². The Kier molecular flexibility index (Phi) is 6.03. The number of fused-ring (bicyclic) bond motifs is 1. The van der Waals surface area contributed by atoms with Crippen molar-refractivity contribution in [3.05, 3.63) is 53.0 Å². The minimum absolute atomic E-state index is 0.109. The third kappa shape index (κ3) is 4.61. The Morgan fingerprint density at radius 2 is 2.06 bits per heavy atom. The van der Waals surface area contributed by atoms with Crippen molar-refractivity contribution in [3.63, 3.8) is 0 Å². The molecule has 0 radical (unpaired) electrons. The number of nitrogens with zero attached hydrogens (tertiary/aromatic N) is 2. The lowest BCUT2D eigenvalue weighted by molar-refractivity contribution is 0.0937. The maximum Gasteiger partial charge on any atom is 0.412 e. The highest BCUT2D eigenvalue weighted by Crippen LogP contribution is 2.35. The number of hydrogen-bond acceptors (Lipinski definition) is 5. The van der Waals surface area contributed by atoms with Gasteiger partial charge in [-0.25, -0.2) is 14.2 Å². The summed E-state index contributed by atoms with van der Waals surface area (Å²) in [5, 5.41) is 12.6. The van der Waals surface area contributed by atoms with Crippen LogP contribution in [0.2, 0.25) is 0 Å². The summed E-state index contributed by atoms with van der Waals surface area (Å²) in [4.78, 5) is 30.4. The zero-order valence-corrected chi connectivity index (χ0v) is 17.1. The molecule has 0 bridgehead atoms. The molecule has 1 aromatic heterocycles. The van der Waals surface area contributed by atoms with Crippen LogP contribution in [0.3, 0.4) is 0 Å². The van der Waals surface area contributed by atoms with Crippen LogP contribution in [-0.4, -0.2) is 54.5 Å². The molecule has 0 unspecified atom stereocenters. The Morgan fingerprint density at radius 1 is 1.29 bits per heavy atom. The largest absolute Gasteiger partial charge is 0.474 e. The molecule has 2 N–H and O–H groups in total.